The second-order valence-corrected chi connectivity index (χ2v) is 6.13. The molecule has 0 amide bonds. The summed E-state index contributed by atoms with van der Waals surface area (Å²) in [5.74, 6) is 1.73. The minimum Gasteiger partial charge on any atom is -0.497 e. The van der Waals surface area contributed by atoms with Crippen LogP contribution in [0.15, 0.2) is 66.9 Å². The van der Waals surface area contributed by atoms with E-state index < -0.39 is 0 Å². The average Bonchev–Trinajstić information content (AvgIpc) is 2.67. The van der Waals surface area contributed by atoms with Crippen molar-refractivity contribution in [2.24, 2.45) is 7.05 Å². The van der Waals surface area contributed by atoms with Gasteiger partial charge in [-0.05, 0) is 41.5 Å². The van der Waals surface area contributed by atoms with Crippen molar-refractivity contribution >= 4 is 21.7 Å². The van der Waals surface area contributed by atoms with E-state index in [1.807, 2.05) is 12.1 Å². The molecule has 1 heterocycles. The SMILES string of the molecule is COc1ccc(-c2cc(OC)c3c(c2)c2ccccc2c[n+]3C)cc1. The van der Waals surface area contributed by atoms with E-state index in [1.165, 1.54) is 16.2 Å². The zero-order valence-electron chi connectivity index (χ0n) is 14.6. The number of benzene rings is 3. The summed E-state index contributed by atoms with van der Waals surface area (Å²) in [7, 11) is 5.46. The van der Waals surface area contributed by atoms with Crippen LogP contribution >= 0.6 is 0 Å². The van der Waals surface area contributed by atoms with Gasteiger partial charge in [0.15, 0.2) is 11.9 Å². The number of hydrogen-bond donors (Lipinski definition) is 0. The third kappa shape index (κ3) is 2.58. The minimum absolute atomic E-state index is 0.855. The van der Waals surface area contributed by atoms with Crippen LogP contribution in [-0.4, -0.2) is 14.2 Å². The molecule has 0 spiro atoms. The summed E-state index contributed by atoms with van der Waals surface area (Å²) in [4.78, 5) is 0. The Morgan fingerprint density at radius 3 is 2.24 bits per heavy atom. The fourth-order valence-electron chi connectivity index (χ4n) is 3.41. The van der Waals surface area contributed by atoms with Crippen LogP contribution in [-0.2, 0) is 7.05 Å². The highest BCUT2D eigenvalue weighted by molar-refractivity contribution is 6.07. The van der Waals surface area contributed by atoms with Crippen LogP contribution in [0.3, 0.4) is 0 Å². The van der Waals surface area contributed by atoms with Crippen LogP contribution in [0.2, 0.25) is 0 Å². The summed E-state index contributed by atoms with van der Waals surface area (Å²) >= 11 is 0. The fourth-order valence-corrected chi connectivity index (χ4v) is 3.41. The van der Waals surface area contributed by atoms with Crippen molar-refractivity contribution in [3.05, 3.63) is 66.9 Å². The number of aryl methyl sites for hydroxylation is 1. The molecular formula is C22H20NO2+. The Morgan fingerprint density at radius 2 is 1.52 bits per heavy atom. The molecule has 0 bridgehead atoms. The standard InChI is InChI=1S/C22H20NO2/c1-23-14-16-6-4-5-7-19(16)20-12-17(13-21(25-3)22(20)23)15-8-10-18(24-2)11-9-15/h4-14H,1-3H3/q+1. The van der Waals surface area contributed by atoms with Crippen molar-refractivity contribution < 1.29 is 14.0 Å². The van der Waals surface area contributed by atoms with Gasteiger partial charge in [0.2, 0.25) is 0 Å². The third-order valence-corrected chi connectivity index (χ3v) is 4.65. The van der Waals surface area contributed by atoms with Crippen LogP contribution in [0.5, 0.6) is 11.5 Å². The van der Waals surface area contributed by atoms with Gasteiger partial charge in [-0.2, -0.15) is 4.57 Å². The van der Waals surface area contributed by atoms with Gasteiger partial charge < -0.3 is 9.47 Å². The molecule has 0 unspecified atom stereocenters. The maximum atomic E-state index is 5.72. The Hall–Kier alpha value is -3.07. The lowest BCUT2D eigenvalue weighted by molar-refractivity contribution is -0.643. The number of pyridine rings is 1. The Labute approximate surface area is 147 Å². The molecule has 4 rings (SSSR count). The molecule has 3 aromatic carbocycles. The predicted molar refractivity (Wildman–Crippen MR) is 101 cm³/mol. The van der Waals surface area contributed by atoms with E-state index in [4.69, 9.17) is 9.47 Å². The zero-order valence-corrected chi connectivity index (χ0v) is 14.6. The number of nitrogens with zero attached hydrogens (tertiary/aromatic N) is 1. The van der Waals surface area contributed by atoms with Gasteiger partial charge >= 0.3 is 0 Å². The van der Waals surface area contributed by atoms with E-state index in [9.17, 15) is 0 Å². The normalized spacial score (nSPS) is 11.0. The Bertz CT molecular complexity index is 1070. The van der Waals surface area contributed by atoms with E-state index in [1.54, 1.807) is 14.2 Å². The molecule has 0 aliphatic carbocycles. The van der Waals surface area contributed by atoms with Gasteiger partial charge in [0, 0.05) is 10.8 Å². The quantitative estimate of drug-likeness (QED) is 0.407. The lowest BCUT2D eigenvalue weighted by Crippen LogP contribution is -2.28. The van der Waals surface area contributed by atoms with Crippen molar-refractivity contribution in [2.75, 3.05) is 14.2 Å². The summed E-state index contributed by atoms with van der Waals surface area (Å²) < 4.78 is 13.1. The van der Waals surface area contributed by atoms with E-state index in [0.29, 0.717) is 0 Å². The first-order chi connectivity index (χ1) is 12.2. The van der Waals surface area contributed by atoms with Crippen molar-refractivity contribution in [2.45, 2.75) is 0 Å². The summed E-state index contributed by atoms with van der Waals surface area (Å²) in [6.45, 7) is 0. The molecule has 124 valence electrons. The highest BCUT2D eigenvalue weighted by Gasteiger charge is 2.17. The van der Waals surface area contributed by atoms with Crippen LogP contribution in [0, 0.1) is 0 Å². The van der Waals surface area contributed by atoms with Crippen molar-refractivity contribution in [1.82, 2.24) is 0 Å². The average molecular weight is 330 g/mol. The van der Waals surface area contributed by atoms with Crippen LogP contribution < -0.4 is 14.0 Å². The van der Waals surface area contributed by atoms with Crippen LogP contribution in [0.4, 0.5) is 0 Å². The molecule has 3 nitrogen and oxygen atoms in total. The minimum atomic E-state index is 0.855. The molecule has 0 aliphatic rings. The van der Waals surface area contributed by atoms with Gasteiger partial charge in [0.05, 0.1) is 19.6 Å². The summed E-state index contributed by atoms with van der Waals surface area (Å²) in [5, 5.41) is 3.63. The molecule has 0 saturated carbocycles. The monoisotopic (exact) mass is 330 g/mol. The van der Waals surface area contributed by atoms with Gasteiger partial charge in [0.1, 0.15) is 12.8 Å². The lowest BCUT2D eigenvalue weighted by Gasteiger charge is -2.10. The third-order valence-electron chi connectivity index (χ3n) is 4.65. The fraction of sp³-hybridized carbons (Fsp3) is 0.136. The summed E-state index contributed by atoms with van der Waals surface area (Å²) in [5.41, 5.74) is 3.36. The van der Waals surface area contributed by atoms with Gasteiger partial charge in [-0.25, -0.2) is 0 Å². The van der Waals surface area contributed by atoms with Gasteiger partial charge in [-0.1, -0.05) is 30.3 Å². The predicted octanol–water partition coefficient (Wildman–Crippen LogP) is 4.50. The summed E-state index contributed by atoms with van der Waals surface area (Å²) in [6.07, 6.45) is 2.15. The molecule has 3 heteroatoms. The highest BCUT2D eigenvalue weighted by Crippen LogP contribution is 2.34. The molecule has 0 saturated heterocycles. The van der Waals surface area contributed by atoms with E-state index >= 15 is 0 Å². The van der Waals surface area contributed by atoms with Crippen molar-refractivity contribution in [1.29, 1.82) is 0 Å². The number of ether oxygens (including phenoxy) is 2. The van der Waals surface area contributed by atoms with Crippen LogP contribution in [0.1, 0.15) is 0 Å². The number of rotatable bonds is 3. The number of methoxy groups -OCH3 is 2. The van der Waals surface area contributed by atoms with Crippen molar-refractivity contribution in [3.63, 3.8) is 0 Å². The largest absolute Gasteiger partial charge is 0.497 e. The second-order valence-electron chi connectivity index (χ2n) is 6.13. The molecule has 0 radical (unpaired) electrons. The Kier molecular flexibility index (Phi) is 3.77. The molecule has 0 aliphatic heterocycles. The number of hydrogen-bond acceptors (Lipinski definition) is 2. The summed E-state index contributed by atoms with van der Waals surface area (Å²) in [6, 6.07) is 20.9. The number of fused-ring (bicyclic) bond motifs is 3. The van der Waals surface area contributed by atoms with Crippen LogP contribution in [0.25, 0.3) is 32.8 Å². The van der Waals surface area contributed by atoms with Gasteiger partial charge in [-0.15, -0.1) is 0 Å². The molecule has 0 fully saturated rings. The van der Waals surface area contributed by atoms with Gasteiger partial charge in [0.25, 0.3) is 5.52 Å². The second kappa shape index (κ2) is 6.10. The first kappa shape index (κ1) is 15.5. The maximum absolute atomic E-state index is 5.72. The molecule has 0 atom stereocenters. The molecule has 4 aromatic rings. The number of aromatic nitrogens is 1. The maximum Gasteiger partial charge on any atom is 0.255 e. The molecule has 0 N–H and O–H groups in total. The smallest absolute Gasteiger partial charge is 0.255 e. The highest BCUT2D eigenvalue weighted by atomic mass is 16.5. The zero-order chi connectivity index (χ0) is 17.4. The van der Waals surface area contributed by atoms with E-state index in [2.05, 4.69) is 66.3 Å². The van der Waals surface area contributed by atoms with Crippen molar-refractivity contribution in [3.8, 4) is 22.6 Å². The topological polar surface area (TPSA) is 22.3 Å². The van der Waals surface area contributed by atoms with E-state index in [-0.39, 0.29) is 0 Å². The first-order valence-corrected chi connectivity index (χ1v) is 8.25. The van der Waals surface area contributed by atoms with E-state index in [0.717, 1.165) is 28.1 Å². The molecular weight excluding hydrogens is 310 g/mol. The lowest BCUT2D eigenvalue weighted by atomic mass is 9.99. The molecule has 25 heavy (non-hydrogen) atoms. The Morgan fingerprint density at radius 1 is 0.760 bits per heavy atom. The Balaban J connectivity index is 2.05. The molecule has 1 aromatic heterocycles. The van der Waals surface area contributed by atoms with Gasteiger partial charge in [-0.3, -0.25) is 0 Å². The first-order valence-electron chi connectivity index (χ1n) is 8.25.